The van der Waals surface area contributed by atoms with E-state index in [2.05, 4.69) is 16.8 Å². The average molecular weight is 370 g/mol. The second kappa shape index (κ2) is 8.50. The van der Waals surface area contributed by atoms with Gasteiger partial charge in [0.1, 0.15) is 5.75 Å². The molecule has 0 aliphatic carbocycles. The summed E-state index contributed by atoms with van der Waals surface area (Å²) in [6, 6.07) is 9.68. The highest BCUT2D eigenvalue weighted by Crippen LogP contribution is 2.32. The highest BCUT2D eigenvalue weighted by molar-refractivity contribution is 5.69. The minimum Gasteiger partial charge on any atom is -0.482 e. The summed E-state index contributed by atoms with van der Waals surface area (Å²) in [4.78, 5) is 17.4. The molecule has 1 fully saturated rings. The molecule has 2 aromatic rings. The van der Waals surface area contributed by atoms with Crippen LogP contribution in [0.2, 0.25) is 0 Å². The Bertz CT molecular complexity index is 781. The van der Waals surface area contributed by atoms with Crippen molar-refractivity contribution in [3.63, 3.8) is 0 Å². The quantitative estimate of drug-likeness (QED) is 0.780. The summed E-state index contributed by atoms with van der Waals surface area (Å²) < 4.78 is 5.52. The zero-order valence-electron chi connectivity index (χ0n) is 15.6. The molecule has 6 heteroatoms. The Labute approximate surface area is 159 Å². The number of aliphatic hydroxyl groups excluding tert-OH is 1. The van der Waals surface area contributed by atoms with E-state index in [1.54, 1.807) is 12.4 Å². The summed E-state index contributed by atoms with van der Waals surface area (Å²) in [5, 5.41) is 18.7. The fourth-order valence-electron chi connectivity index (χ4n) is 3.63. The van der Waals surface area contributed by atoms with Crippen LogP contribution < -0.4 is 4.74 Å². The van der Waals surface area contributed by atoms with Gasteiger partial charge < -0.3 is 14.9 Å². The first-order chi connectivity index (χ1) is 13.0. The van der Waals surface area contributed by atoms with Gasteiger partial charge in [-0.3, -0.25) is 9.88 Å². The maximum absolute atomic E-state index is 10.9. The Morgan fingerprint density at radius 3 is 2.89 bits per heavy atom. The molecule has 1 aliphatic heterocycles. The van der Waals surface area contributed by atoms with Crippen molar-refractivity contribution >= 4 is 5.97 Å². The van der Waals surface area contributed by atoms with Crippen molar-refractivity contribution in [2.24, 2.45) is 5.41 Å². The van der Waals surface area contributed by atoms with Gasteiger partial charge in [-0.2, -0.15) is 0 Å². The number of nitrogens with zero attached hydrogens (tertiary/aromatic N) is 2. The minimum atomic E-state index is -0.997. The van der Waals surface area contributed by atoms with E-state index in [-0.39, 0.29) is 18.6 Å². The maximum Gasteiger partial charge on any atom is 0.341 e. The number of aliphatic hydroxyl groups is 1. The molecule has 27 heavy (non-hydrogen) atoms. The molecule has 1 aromatic carbocycles. The molecule has 1 saturated heterocycles. The second-order valence-corrected chi connectivity index (χ2v) is 7.53. The van der Waals surface area contributed by atoms with E-state index in [9.17, 15) is 9.90 Å². The Morgan fingerprint density at radius 1 is 1.33 bits per heavy atom. The van der Waals surface area contributed by atoms with Gasteiger partial charge in [-0.15, -0.1) is 0 Å². The van der Waals surface area contributed by atoms with Crippen LogP contribution in [0.1, 0.15) is 25.3 Å². The van der Waals surface area contributed by atoms with E-state index < -0.39 is 5.97 Å². The molecule has 0 bridgehead atoms. The molecule has 0 spiro atoms. The number of carbonyl (C=O) groups is 1. The van der Waals surface area contributed by atoms with Gasteiger partial charge >= 0.3 is 5.97 Å². The lowest BCUT2D eigenvalue weighted by molar-refractivity contribution is -0.139. The number of carboxylic acid groups (broad SMARTS) is 1. The SMILES string of the molecule is C[C@]1(CO)CCCN(Cc2cc(-c3cccnc3)ccc2OCC(=O)O)C1. The normalized spacial score (nSPS) is 20.4. The number of carboxylic acids is 1. The van der Waals surface area contributed by atoms with Crippen LogP contribution in [0.15, 0.2) is 42.7 Å². The molecule has 1 aromatic heterocycles. The molecule has 2 heterocycles. The van der Waals surface area contributed by atoms with Crippen LogP contribution in [0.5, 0.6) is 5.75 Å². The van der Waals surface area contributed by atoms with Gasteiger partial charge in [0.05, 0.1) is 0 Å². The third-order valence-corrected chi connectivity index (χ3v) is 5.04. The molecule has 1 aliphatic rings. The number of ether oxygens (including phenoxy) is 1. The number of likely N-dealkylation sites (tertiary alicyclic amines) is 1. The summed E-state index contributed by atoms with van der Waals surface area (Å²) >= 11 is 0. The molecule has 6 nitrogen and oxygen atoms in total. The number of hydrogen-bond donors (Lipinski definition) is 2. The van der Waals surface area contributed by atoms with E-state index in [0.717, 1.165) is 42.6 Å². The predicted octanol–water partition coefficient (Wildman–Crippen LogP) is 2.81. The number of piperidine rings is 1. The first kappa shape index (κ1) is 19.3. The Hall–Kier alpha value is -2.44. The number of rotatable bonds is 7. The highest BCUT2D eigenvalue weighted by atomic mass is 16.5. The van der Waals surface area contributed by atoms with Crippen molar-refractivity contribution in [3.8, 4) is 16.9 Å². The molecule has 144 valence electrons. The summed E-state index contributed by atoms with van der Waals surface area (Å²) in [5.74, 6) is -0.413. The summed E-state index contributed by atoms with van der Waals surface area (Å²) in [7, 11) is 0. The van der Waals surface area contributed by atoms with Crippen LogP contribution in [0.3, 0.4) is 0 Å². The largest absolute Gasteiger partial charge is 0.482 e. The highest BCUT2D eigenvalue weighted by Gasteiger charge is 2.30. The lowest BCUT2D eigenvalue weighted by Gasteiger charge is -2.39. The third-order valence-electron chi connectivity index (χ3n) is 5.04. The van der Waals surface area contributed by atoms with Gasteiger partial charge in [0, 0.05) is 48.6 Å². The Morgan fingerprint density at radius 2 is 2.19 bits per heavy atom. The fourth-order valence-corrected chi connectivity index (χ4v) is 3.63. The lowest BCUT2D eigenvalue weighted by Crippen LogP contribution is -2.43. The standard InChI is InChI=1S/C21H26N2O4/c1-21(15-24)7-3-9-23(14-21)12-18-10-16(17-4-2-8-22-11-17)5-6-19(18)27-13-20(25)26/h2,4-6,8,10-11,24H,3,7,9,12-15H2,1H3,(H,25,26)/t21-/m0/s1. The van der Waals surface area contributed by atoms with Gasteiger partial charge in [-0.05, 0) is 43.1 Å². The van der Waals surface area contributed by atoms with Crippen LogP contribution in [-0.4, -0.2) is 52.4 Å². The van der Waals surface area contributed by atoms with Crippen molar-refractivity contribution in [1.29, 1.82) is 0 Å². The first-order valence-corrected chi connectivity index (χ1v) is 9.20. The predicted molar refractivity (Wildman–Crippen MR) is 103 cm³/mol. The molecular formula is C21H26N2O4. The van der Waals surface area contributed by atoms with Crippen molar-refractivity contribution in [2.75, 3.05) is 26.3 Å². The van der Waals surface area contributed by atoms with Crippen molar-refractivity contribution < 1.29 is 19.7 Å². The van der Waals surface area contributed by atoms with Crippen molar-refractivity contribution in [3.05, 3.63) is 48.3 Å². The second-order valence-electron chi connectivity index (χ2n) is 7.53. The summed E-state index contributed by atoms with van der Waals surface area (Å²) in [6.45, 7) is 4.31. The molecule has 0 amide bonds. The summed E-state index contributed by atoms with van der Waals surface area (Å²) in [6.07, 6.45) is 5.58. The monoisotopic (exact) mass is 370 g/mol. The van der Waals surface area contributed by atoms with Gasteiger partial charge in [0.15, 0.2) is 6.61 Å². The average Bonchev–Trinajstić information content (AvgIpc) is 2.67. The number of hydrogen-bond acceptors (Lipinski definition) is 5. The van der Waals surface area contributed by atoms with Crippen molar-refractivity contribution in [1.82, 2.24) is 9.88 Å². The number of aliphatic carboxylic acids is 1. The van der Waals surface area contributed by atoms with E-state index in [1.165, 1.54) is 0 Å². The molecule has 0 radical (unpaired) electrons. The van der Waals surface area contributed by atoms with E-state index in [4.69, 9.17) is 9.84 Å². The number of benzene rings is 1. The van der Waals surface area contributed by atoms with Crippen molar-refractivity contribution in [2.45, 2.75) is 26.3 Å². The smallest absolute Gasteiger partial charge is 0.341 e. The van der Waals surface area contributed by atoms with Crippen LogP contribution in [-0.2, 0) is 11.3 Å². The fraction of sp³-hybridized carbons (Fsp3) is 0.429. The van der Waals surface area contributed by atoms with Crippen LogP contribution >= 0.6 is 0 Å². The maximum atomic E-state index is 10.9. The van der Waals surface area contributed by atoms with Gasteiger partial charge in [-0.1, -0.05) is 19.1 Å². The molecule has 3 rings (SSSR count). The molecule has 2 N–H and O–H groups in total. The Kier molecular flexibility index (Phi) is 6.08. The number of pyridine rings is 1. The third kappa shape index (κ3) is 5.05. The Balaban J connectivity index is 1.86. The topological polar surface area (TPSA) is 82.9 Å². The van der Waals surface area contributed by atoms with Gasteiger partial charge in [-0.25, -0.2) is 4.79 Å². The van der Waals surface area contributed by atoms with Crippen LogP contribution in [0, 0.1) is 5.41 Å². The van der Waals surface area contributed by atoms with E-state index >= 15 is 0 Å². The van der Waals surface area contributed by atoms with Gasteiger partial charge in [0.25, 0.3) is 0 Å². The zero-order chi connectivity index (χ0) is 19.3. The molecule has 1 atom stereocenters. The molecular weight excluding hydrogens is 344 g/mol. The number of aromatic nitrogens is 1. The minimum absolute atomic E-state index is 0.0959. The lowest BCUT2D eigenvalue weighted by atomic mass is 9.82. The van der Waals surface area contributed by atoms with E-state index in [1.807, 2.05) is 30.3 Å². The summed E-state index contributed by atoms with van der Waals surface area (Å²) in [5.41, 5.74) is 2.87. The zero-order valence-corrected chi connectivity index (χ0v) is 15.6. The van der Waals surface area contributed by atoms with Crippen LogP contribution in [0.4, 0.5) is 0 Å². The molecule has 0 saturated carbocycles. The first-order valence-electron chi connectivity index (χ1n) is 9.20. The van der Waals surface area contributed by atoms with Gasteiger partial charge in [0.2, 0.25) is 0 Å². The van der Waals surface area contributed by atoms with Crippen LogP contribution in [0.25, 0.3) is 11.1 Å². The van der Waals surface area contributed by atoms with E-state index in [0.29, 0.717) is 12.3 Å². The molecule has 0 unspecified atom stereocenters.